The van der Waals surface area contributed by atoms with Crippen molar-refractivity contribution in [3.63, 3.8) is 0 Å². The lowest BCUT2D eigenvalue weighted by Gasteiger charge is -2.09. The van der Waals surface area contributed by atoms with Crippen molar-refractivity contribution in [2.75, 3.05) is 5.32 Å². The number of hydrogen-bond donors (Lipinski definition) is 3. The predicted molar refractivity (Wildman–Crippen MR) is 61.4 cm³/mol. The highest BCUT2D eigenvalue weighted by Crippen LogP contribution is 2.06. The summed E-state index contributed by atoms with van der Waals surface area (Å²) >= 11 is 0. The van der Waals surface area contributed by atoms with Crippen molar-refractivity contribution in [3.05, 3.63) is 12.4 Å². The second-order valence-corrected chi connectivity index (χ2v) is 3.70. The van der Waals surface area contributed by atoms with Crippen LogP contribution in [0.25, 0.3) is 0 Å². The van der Waals surface area contributed by atoms with Crippen molar-refractivity contribution in [1.82, 2.24) is 9.78 Å². The van der Waals surface area contributed by atoms with Gasteiger partial charge in [0.2, 0.25) is 5.91 Å². The fourth-order valence-corrected chi connectivity index (χ4v) is 1.33. The minimum Gasteiger partial charge on any atom is -0.480 e. The molecule has 0 bridgehead atoms. The fraction of sp³-hybridized carbons (Fsp3) is 0.500. The molecule has 1 aromatic heterocycles. The first-order valence-electron chi connectivity index (χ1n) is 5.33. The molecule has 0 aromatic carbocycles. The zero-order valence-corrected chi connectivity index (χ0v) is 9.59. The van der Waals surface area contributed by atoms with Crippen molar-refractivity contribution in [2.45, 2.75) is 32.4 Å². The van der Waals surface area contributed by atoms with Crippen LogP contribution in [0.2, 0.25) is 0 Å². The Morgan fingerprint density at radius 1 is 1.65 bits per heavy atom. The summed E-state index contributed by atoms with van der Waals surface area (Å²) in [6.07, 6.45) is 4.27. The summed E-state index contributed by atoms with van der Waals surface area (Å²) < 4.78 is 1.23. The number of carboxylic acids is 1. The van der Waals surface area contributed by atoms with Crippen LogP contribution >= 0.6 is 0 Å². The van der Waals surface area contributed by atoms with Crippen LogP contribution in [-0.4, -0.2) is 32.8 Å². The topological polar surface area (TPSA) is 110 Å². The number of hydrogen-bond acceptors (Lipinski definition) is 4. The molecule has 7 nitrogen and oxygen atoms in total. The lowest BCUT2D eigenvalue weighted by Crippen LogP contribution is -2.35. The molecular weight excluding hydrogens is 224 g/mol. The van der Waals surface area contributed by atoms with Crippen LogP contribution in [0.5, 0.6) is 0 Å². The van der Waals surface area contributed by atoms with E-state index in [0.29, 0.717) is 12.1 Å². The lowest BCUT2D eigenvalue weighted by molar-refractivity contribution is -0.137. The molecule has 0 fully saturated rings. The van der Waals surface area contributed by atoms with Crippen molar-refractivity contribution in [1.29, 1.82) is 0 Å². The molecule has 1 amide bonds. The van der Waals surface area contributed by atoms with Gasteiger partial charge >= 0.3 is 5.97 Å². The highest BCUT2D eigenvalue weighted by atomic mass is 16.4. The molecule has 94 valence electrons. The van der Waals surface area contributed by atoms with Gasteiger partial charge in [-0.3, -0.25) is 14.3 Å². The summed E-state index contributed by atoms with van der Waals surface area (Å²) in [5.74, 6) is -1.28. The Morgan fingerprint density at radius 2 is 2.35 bits per heavy atom. The van der Waals surface area contributed by atoms with E-state index < -0.39 is 12.0 Å². The number of amides is 1. The number of anilines is 1. The highest BCUT2D eigenvalue weighted by molar-refractivity contribution is 5.94. The number of carbonyl (C=O) groups is 2. The third-order valence-corrected chi connectivity index (χ3v) is 2.13. The molecule has 1 heterocycles. The van der Waals surface area contributed by atoms with Gasteiger partial charge in [-0.2, -0.15) is 5.10 Å². The second-order valence-electron chi connectivity index (χ2n) is 3.70. The standard InChI is InChI=1S/C10H16N4O3/c1-2-3-8(11)10(17)13-7-4-12-14(5-7)6-9(15)16/h4-5,8H,2-3,6,11H2,1H3,(H,13,17)(H,15,16)/t8-/m1/s1. The average Bonchev–Trinajstić information content (AvgIpc) is 2.64. The van der Waals surface area contributed by atoms with E-state index in [4.69, 9.17) is 10.8 Å². The minimum atomic E-state index is -0.992. The summed E-state index contributed by atoms with van der Waals surface area (Å²) in [7, 11) is 0. The molecule has 17 heavy (non-hydrogen) atoms. The zero-order valence-electron chi connectivity index (χ0n) is 9.59. The van der Waals surface area contributed by atoms with E-state index in [9.17, 15) is 9.59 Å². The Kier molecular flexibility index (Phi) is 4.65. The number of aromatic nitrogens is 2. The van der Waals surface area contributed by atoms with Gasteiger partial charge in [-0.1, -0.05) is 13.3 Å². The number of nitrogens with zero attached hydrogens (tertiary/aromatic N) is 2. The van der Waals surface area contributed by atoms with Gasteiger partial charge in [-0.25, -0.2) is 0 Å². The molecule has 1 rings (SSSR count). The molecule has 0 spiro atoms. The maximum absolute atomic E-state index is 11.5. The number of aliphatic carboxylic acids is 1. The van der Waals surface area contributed by atoms with E-state index in [-0.39, 0.29) is 12.5 Å². The summed E-state index contributed by atoms with van der Waals surface area (Å²) in [6.45, 7) is 1.70. The van der Waals surface area contributed by atoms with Crippen LogP contribution < -0.4 is 11.1 Å². The quantitative estimate of drug-likeness (QED) is 0.650. The smallest absolute Gasteiger partial charge is 0.325 e. The van der Waals surface area contributed by atoms with Crippen molar-refractivity contribution < 1.29 is 14.7 Å². The first-order valence-corrected chi connectivity index (χ1v) is 5.33. The maximum atomic E-state index is 11.5. The molecular formula is C10H16N4O3. The molecule has 0 saturated carbocycles. The molecule has 1 aromatic rings. The van der Waals surface area contributed by atoms with Crippen LogP contribution in [0.1, 0.15) is 19.8 Å². The average molecular weight is 240 g/mol. The van der Waals surface area contributed by atoms with E-state index in [0.717, 1.165) is 6.42 Å². The van der Waals surface area contributed by atoms with Crippen LogP contribution in [0.15, 0.2) is 12.4 Å². The van der Waals surface area contributed by atoms with Gasteiger partial charge in [0.05, 0.1) is 17.9 Å². The minimum absolute atomic E-state index is 0.239. The van der Waals surface area contributed by atoms with E-state index in [2.05, 4.69) is 10.4 Å². The molecule has 0 aliphatic rings. The SMILES string of the molecule is CCC[C@@H](N)C(=O)Nc1cnn(CC(=O)O)c1. The lowest BCUT2D eigenvalue weighted by atomic mass is 10.2. The van der Waals surface area contributed by atoms with Gasteiger partial charge in [0.25, 0.3) is 0 Å². The molecule has 1 atom stereocenters. The van der Waals surface area contributed by atoms with Gasteiger partial charge in [-0.15, -0.1) is 0 Å². The summed E-state index contributed by atoms with van der Waals surface area (Å²) in [6, 6.07) is -0.553. The molecule has 0 aliphatic carbocycles. The summed E-state index contributed by atoms with van der Waals surface area (Å²) in [5.41, 5.74) is 6.08. The van der Waals surface area contributed by atoms with E-state index in [1.165, 1.54) is 17.1 Å². The zero-order chi connectivity index (χ0) is 12.8. The van der Waals surface area contributed by atoms with Crippen molar-refractivity contribution >= 4 is 17.6 Å². The third kappa shape index (κ3) is 4.23. The Bertz CT molecular complexity index is 402. The number of nitrogens with two attached hydrogens (primary N) is 1. The number of nitrogens with one attached hydrogen (secondary N) is 1. The van der Waals surface area contributed by atoms with Gasteiger partial charge < -0.3 is 16.2 Å². The number of carboxylic acid groups (broad SMARTS) is 1. The normalized spacial score (nSPS) is 12.1. The van der Waals surface area contributed by atoms with E-state index in [1.54, 1.807) is 0 Å². The third-order valence-electron chi connectivity index (χ3n) is 2.13. The van der Waals surface area contributed by atoms with Gasteiger partial charge in [-0.05, 0) is 6.42 Å². The van der Waals surface area contributed by atoms with Gasteiger partial charge in [0.15, 0.2) is 0 Å². The molecule has 7 heteroatoms. The number of carbonyl (C=O) groups excluding carboxylic acids is 1. The first-order chi connectivity index (χ1) is 8.02. The highest BCUT2D eigenvalue weighted by Gasteiger charge is 2.13. The molecule has 4 N–H and O–H groups in total. The predicted octanol–water partition coefficient (Wildman–Crippen LogP) is 0.0336. The second kappa shape index (κ2) is 6.00. The molecule has 0 unspecified atom stereocenters. The van der Waals surface area contributed by atoms with Crippen molar-refractivity contribution in [3.8, 4) is 0 Å². The van der Waals surface area contributed by atoms with Crippen LogP contribution in [-0.2, 0) is 16.1 Å². The number of rotatable bonds is 6. The van der Waals surface area contributed by atoms with E-state index in [1.807, 2.05) is 6.92 Å². The summed E-state index contributed by atoms with van der Waals surface area (Å²) in [4.78, 5) is 22.0. The van der Waals surface area contributed by atoms with Crippen LogP contribution in [0.4, 0.5) is 5.69 Å². The fourth-order valence-electron chi connectivity index (χ4n) is 1.33. The Morgan fingerprint density at radius 3 is 2.94 bits per heavy atom. The Balaban J connectivity index is 2.54. The maximum Gasteiger partial charge on any atom is 0.325 e. The van der Waals surface area contributed by atoms with Crippen LogP contribution in [0, 0.1) is 0 Å². The largest absolute Gasteiger partial charge is 0.480 e. The van der Waals surface area contributed by atoms with Crippen molar-refractivity contribution in [2.24, 2.45) is 5.73 Å². The first kappa shape index (κ1) is 13.2. The van der Waals surface area contributed by atoms with Gasteiger partial charge in [0.1, 0.15) is 6.54 Å². The van der Waals surface area contributed by atoms with E-state index >= 15 is 0 Å². The van der Waals surface area contributed by atoms with Crippen LogP contribution in [0.3, 0.4) is 0 Å². The Hall–Kier alpha value is -1.89. The monoisotopic (exact) mass is 240 g/mol. The van der Waals surface area contributed by atoms with Gasteiger partial charge in [0, 0.05) is 6.20 Å². The summed E-state index contributed by atoms with van der Waals surface area (Å²) in [5, 5.41) is 14.9. The molecule has 0 saturated heterocycles. The molecule has 0 radical (unpaired) electrons. The molecule has 0 aliphatic heterocycles. The Labute approximate surface area is 98.6 Å².